The Labute approximate surface area is 88.6 Å². The standard InChI is InChI=1S/C10H14N2O3/c1-7-5-8(14-3)6-11-9(7)10(13)12(2)15-4/h5-6H,1-4H3. The predicted octanol–water partition coefficient (Wildman–Crippen LogP) is 1.03. The number of ether oxygens (including phenoxy) is 1. The van der Waals surface area contributed by atoms with Crippen LogP contribution in [0.4, 0.5) is 0 Å². The Bertz CT molecular complexity index is 366. The summed E-state index contributed by atoms with van der Waals surface area (Å²) in [6.07, 6.45) is 1.50. The van der Waals surface area contributed by atoms with Crippen molar-refractivity contribution in [3.8, 4) is 5.75 Å². The smallest absolute Gasteiger partial charge is 0.295 e. The minimum Gasteiger partial charge on any atom is -0.495 e. The molecule has 1 aromatic rings. The molecule has 5 heteroatoms. The molecule has 1 amide bonds. The van der Waals surface area contributed by atoms with E-state index in [9.17, 15) is 4.79 Å². The second-order valence-corrected chi connectivity index (χ2v) is 3.03. The number of rotatable bonds is 3. The fraction of sp³-hybridized carbons (Fsp3) is 0.400. The number of hydrogen-bond donors (Lipinski definition) is 0. The Morgan fingerprint density at radius 1 is 1.47 bits per heavy atom. The average Bonchev–Trinajstić information content (AvgIpc) is 2.26. The molecule has 0 N–H and O–H groups in total. The maximum atomic E-state index is 11.7. The van der Waals surface area contributed by atoms with Crippen molar-refractivity contribution in [1.82, 2.24) is 10.0 Å². The van der Waals surface area contributed by atoms with Crippen molar-refractivity contribution < 1.29 is 14.4 Å². The minimum atomic E-state index is -0.280. The third kappa shape index (κ3) is 2.44. The van der Waals surface area contributed by atoms with Crippen LogP contribution in [0.1, 0.15) is 16.1 Å². The van der Waals surface area contributed by atoms with Gasteiger partial charge in [0.2, 0.25) is 0 Å². The van der Waals surface area contributed by atoms with Crippen LogP contribution in [-0.2, 0) is 4.84 Å². The molecule has 0 unspecified atom stereocenters. The van der Waals surface area contributed by atoms with Crippen LogP contribution in [0.5, 0.6) is 5.75 Å². The average molecular weight is 210 g/mol. The van der Waals surface area contributed by atoms with Crippen LogP contribution in [0.2, 0.25) is 0 Å². The van der Waals surface area contributed by atoms with E-state index in [0.717, 1.165) is 10.6 Å². The lowest BCUT2D eigenvalue weighted by atomic mass is 10.2. The van der Waals surface area contributed by atoms with Gasteiger partial charge in [-0.3, -0.25) is 9.63 Å². The number of aromatic nitrogens is 1. The van der Waals surface area contributed by atoms with Crippen LogP contribution >= 0.6 is 0 Å². The molecule has 0 radical (unpaired) electrons. The third-order valence-electron chi connectivity index (χ3n) is 2.05. The number of aryl methyl sites for hydroxylation is 1. The molecule has 0 aliphatic rings. The summed E-state index contributed by atoms with van der Waals surface area (Å²) in [5.41, 5.74) is 1.11. The maximum absolute atomic E-state index is 11.7. The zero-order valence-electron chi connectivity index (χ0n) is 9.27. The van der Waals surface area contributed by atoms with Crippen molar-refractivity contribution in [3.05, 3.63) is 23.5 Å². The fourth-order valence-electron chi connectivity index (χ4n) is 1.12. The first-order valence-electron chi connectivity index (χ1n) is 4.43. The maximum Gasteiger partial charge on any atom is 0.295 e. The van der Waals surface area contributed by atoms with E-state index in [0.29, 0.717) is 11.4 Å². The van der Waals surface area contributed by atoms with Crippen LogP contribution in [0.15, 0.2) is 12.3 Å². The molecule has 0 aromatic carbocycles. The van der Waals surface area contributed by atoms with Crippen LogP contribution < -0.4 is 4.74 Å². The highest BCUT2D eigenvalue weighted by atomic mass is 16.7. The number of nitrogens with zero attached hydrogens (tertiary/aromatic N) is 2. The Balaban J connectivity index is 3.00. The van der Waals surface area contributed by atoms with E-state index >= 15 is 0 Å². The van der Waals surface area contributed by atoms with Crippen LogP contribution in [-0.4, -0.2) is 37.2 Å². The van der Waals surface area contributed by atoms with Crippen LogP contribution in [0.25, 0.3) is 0 Å². The molecular weight excluding hydrogens is 196 g/mol. The van der Waals surface area contributed by atoms with E-state index in [1.807, 2.05) is 0 Å². The largest absolute Gasteiger partial charge is 0.495 e. The summed E-state index contributed by atoms with van der Waals surface area (Å²) in [6, 6.07) is 1.75. The van der Waals surface area contributed by atoms with Gasteiger partial charge in [-0.15, -0.1) is 0 Å². The zero-order valence-corrected chi connectivity index (χ0v) is 9.27. The van der Waals surface area contributed by atoms with Crippen molar-refractivity contribution in [1.29, 1.82) is 0 Å². The molecule has 5 nitrogen and oxygen atoms in total. The summed E-state index contributed by atoms with van der Waals surface area (Å²) in [5, 5.41) is 1.13. The summed E-state index contributed by atoms with van der Waals surface area (Å²) in [6.45, 7) is 1.80. The van der Waals surface area contributed by atoms with Crippen molar-refractivity contribution in [2.45, 2.75) is 6.92 Å². The normalized spacial score (nSPS) is 9.87. The van der Waals surface area contributed by atoms with E-state index in [1.54, 1.807) is 20.1 Å². The van der Waals surface area contributed by atoms with Gasteiger partial charge in [-0.25, -0.2) is 10.0 Å². The monoisotopic (exact) mass is 210 g/mol. The van der Waals surface area contributed by atoms with Crippen LogP contribution in [0.3, 0.4) is 0 Å². The summed E-state index contributed by atoms with van der Waals surface area (Å²) in [4.78, 5) is 20.5. The topological polar surface area (TPSA) is 51.7 Å². The number of carbonyl (C=O) groups is 1. The molecule has 0 aliphatic carbocycles. The molecule has 15 heavy (non-hydrogen) atoms. The minimum absolute atomic E-state index is 0.280. The second kappa shape index (κ2) is 4.75. The lowest BCUT2D eigenvalue weighted by Gasteiger charge is -2.14. The number of hydrogen-bond acceptors (Lipinski definition) is 4. The van der Waals surface area contributed by atoms with E-state index in [2.05, 4.69) is 4.98 Å². The Kier molecular flexibility index (Phi) is 3.62. The van der Waals surface area contributed by atoms with E-state index < -0.39 is 0 Å². The highest BCUT2D eigenvalue weighted by Gasteiger charge is 2.15. The van der Waals surface area contributed by atoms with Crippen LogP contribution in [0, 0.1) is 6.92 Å². The second-order valence-electron chi connectivity index (χ2n) is 3.03. The number of pyridine rings is 1. The number of carbonyl (C=O) groups excluding carboxylic acids is 1. The summed E-state index contributed by atoms with van der Waals surface area (Å²) < 4.78 is 5.00. The van der Waals surface area contributed by atoms with Gasteiger partial charge in [-0.2, -0.15) is 0 Å². The number of methoxy groups -OCH3 is 1. The van der Waals surface area contributed by atoms with Gasteiger partial charge in [0.1, 0.15) is 11.4 Å². The number of hydroxylamine groups is 2. The van der Waals surface area contributed by atoms with Gasteiger partial charge in [0.25, 0.3) is 5.91 Å². The van der Waals surface area contributed by atoms with Gasteiger partial charge in [0, 0.05) is 7.05 Å². The Morgan fingerprint density at radius 3 is 2.60 bits per heavy atom. The number of amides is 1. The fourth-order valence-corrected chi connectivity index (χ4v) is 1.12. The molecular formula is C10H14N2O3. The molecule has 82 valence electrons. The SMILES string of the molecule is COc1cnc(C(=O)N(C)OC)c(C)c1. The first kappa shape index (κ1) is 11.5. The summed E-state index contributed by atoms with van der Waals surface area (Å²) >= 11 is 0. The predicted molar refractivity (Wildman–Crippen MR) is 54.6 cm³/mol. The third-order valence-corrected chi connectivity index (χ3v) is 2.05. The lowest BCUT2D eigenvalue weighted by Crippen LogP contribution is -2.27. The summed E-state index contributed by atoms with van der Waals surface area (Å²) in [5.74, 6) is 0.349. The molecule has 1 aromatic heterocycles. The van der Waals surface area contributed by atoms with Gasteiger partial charge in [0.05, 0.1) is 20.4 Å². The van der Waals surface area contributed by atoms with E-state index in [4.69, 9.17) is 9.57 Å². The molecule has 0 atom stereocenters. The molecule has 0 saturated carbocycles. The van der Waals surface area contributed by atoms with Gasteiger partial charge in [-0.05, 0) is 18.6 Å². The highest BCUT2D eigenvalue weighted by molar-refractivity contribution is 5.92. The lowest BCUT2D eigenvalue weighted by molar-refractivity contribution is -0.0761. The molecule has 1 heterocycles. The van der Waals surface area contributed by atoms with Crippen molar-refractivity contribution in [2.24, 2.45) is 0 Å². The molecule has 0 aliphatic heterocycles. The molecule has 0 saturated heterocycles. The summed E-state index contributed by atoms with van der Waals surface area (Å²) in [7, 11) is 4.52. The van der Waals surface area contributed by atoms with E-state index in [1.165, 1.54) is 20.4 Å². The van der Waals surface area contributed by atoms with Gasteiger partial charge >= 0.3 is 0 Å². The first-order chi connectivity index (χ1) is 7.10. The van der Waals surface area contributed by atoms with Gasteiger partial charge in [0.15, 0.2) is 0 Å². The molecule has 0 spiro atoms. The van der Waals surface area contributed by atoms with E-state index in [-0.39, 0.29) is 5.91 Å². The molecule has 0 fully saturated rings. The van der Waals surface area contributed by atoms with Gasteiger partial charge in [-0.1, -0.05) is 0 Å². The Morgan fingerprint density at radius 2 is 2.13 bits per heavy atom. The zero-order chi connectivity index (χ0) is 11.4. The quantitative estimate of drug-likeness (QED) is 0.699. The molecule has 0 bridgehead atoms. The van der Waals surface area contributed by atoms with Crippen molar-refractivity contribution in [2.75, 3.05) is 21.3 Å². The van der Waals surface area contributed by atoms with Crippen molar-refractivity contribution in [3.63, 3.8) is 0 Å². The Hall–Kier alpha value is -1.62. The van der Waals surface area contributed by atoms with Crippen molar-refractivity contribution >= 4 is 5.91 Å². The van der Waals surface area contributed by atoms with Gasteiger partial charge < -0.3 is 4.74 Å². The molecule has 1 rings (SSSR count). The first-order valence-corrected chi connectivity index (χ1v) is 4.43. The highest BCUT2D eigenvalue weighted by Crippen LogP contribution is 2.14.